The van der Waals surface area contributed by atoms with E-state index >= 15 is 0 Å². The van der Waals surface area contributed by atoms with E-state index in [4.69, 9.17) is 4.74 Å². The Hall–Kier alpha value is -0.610. The van der Waals surface area contributed by atoms with Gasteiger partial charge in [0.15, 0.2) is 0 Å². The quantitative estimate of drug-likeness (QED) is 0.815. The second-order valence-electron chi connectivity index (χ2n) is 5.53. The minimum atomic E-state index is -0.649. The Morgan fingerprint density at radius 1 is 1.35 bits per heavy atom. The minimum absolute atomic E-state index is 0.262. The molecule has 17 heavy (non-hydrogen) atoms. The van der Waals surface area contributed by atoms with Crippen LogP contribution in [0.15, 0.2) is 0 Å². The highest BCUT2D eigenvalue weighted by Crippen LogP contribution is 2.25. The van der Waals surface area contributed by atoms with Crippen molar-refractivity contribution in [3.63, 3.8) is 0 Å². The standard InChI is InChI=1S/C13H23NO3/c1-10-2-5-14(12(8-10)13(15)16)9-11-3-6-17-7-4-11/h10-12H,2-9H2,1H3,(H,15,16). The molecule has 0 bridgehead atoms. The second-order valence-corrected chi connectivity index (χ2v) is 5.53. The first-order valence-corrected chi connectivity index (χ1v) is 6.71. The Bertz CT molecular complexity index is 263. The first-order chi connectivity index (χ1) is 8.16. The molecule has 98 valence electrons. The third-order valence-corrected chi connectivity index (χ3v) is 4.09. The van der Waals surface area contributed by atoms with Crippen molar-refractivity contribution in [2.24, 2.45) is 11.8 Å². The van der Waals surface area contributed by atoms with Gasteiger partial charge in [-0.1, -0.05) is 6.92 Å². The number of piperidine rings is 1. The Labute approximate surface area is 103 Å². The van der Waals surface area contributed by atoms with Crippen molar-refractivity contribution in [3.8, 4) is 0 Å². The maximum atomic E-state index is 11.3. The number of hydrogen-bond donors (Lipinski definition) is 1. The van der Waals surface area contributed by atoms with Crippen LogP contribution in [-0.4, -0.2) is 48.3 Å². The summed E-state index contributed by atoms with van der Waals surface area (Å²) in [5.74, 6) is 0.518. The number of hydrogen-bond acceptors (Lipinski definition) is 3. The maximum Gasteiger partial charge on any atom is 0.320 e. The van der Waals surface area contributed by atoms with Gasteiger partial charge in [-0.15, -0.1) is 0 Å². The number of likely N-dealkylation sites (tertiary alicyclic amines) is 1. The molecule has 0 aromatic carbocycles. The zero-order chi connectivity index (χ0) is 12.3. The molecule has 4 heteroatoms. The molecule has 2 heterocycles. The highest BCUT2D eigenvalue weighted by molar-refractivity contribution is 5.73. The van der Waals surface area contributed by atoms with Gasteiger partial charge in [-0.05, 0) is 44.1 Å². The number of aliphatic carboxylic acids is 1. The van der Waals surface area contributed by atoms with Gasteiger partial charge in [-0.2, -0.15) is 0 Å². The topological polar surface area (TPSA) is 49.8 Å². The first kappa shape index (κ1) is 12.8. The van der Waals surface area contributed by atoms with Gasteiger partial charge in [0.2, 0.25) is 0 Å². The molecule has 4 nitrogen and oxygen atoms in total. The lowest BCUT2D eigenvalue weighted by atomic mass is 9.90. The van der Waals surface area contributed by atoms with Crippen LogP contribution in [0.25, 0.3) is 0 Å². The Morgan fingerprint density at radius 2 is 2.06 bits per heavy atom. The molecule has 2 aliphatic heterocycles. The molecule has 2 saturated heterocycles. The van der Waals surface area contributed by atoms with Gasteiger partial charge in [0.1, 0.15) is 6.04 Å². The van der Waals surface area contributed by atoms with Crippen LogP contribution in [0.2, 0.25) is 0 Å². The lowest BCUT2D eigenvalue weighted by Gasteiger charge is -2.38. The normalized spacial score (nSPS) is 32.5. The molecule has 0 radical (unpaired) electrons. The van der Waals surface area contributed by atoms with Crippen molar-refractivity contribution in [2.75, 3.05) is 26.3 Å². The largest absolute Gasteiger partial charge is 0.480 e. The lowest BCUT2D eigenvalue weighted by Crippen LogP contribution is -2.49. The van der Waals surface area contributed by atoms with Crippen LogP contribution >= 0.6 is 0 Å². The van der Waals surface area contributed by atoms with E-state index < -0.39 is 5.97 Å². The lowest BCUT2D eigenvalue weighted by molar-refractivity contribution is -0.145. The molecule has 0 saturated carbocycles. The van der Waals surface area contributed by atoms with Gasteiger partial charge < -0.3 is 9.84 Å². The monoisotopic (exact) mass is 241 g/mol. The van der Waals surface area contributed by atoms with Gasteiger partial charge in [-0.25, -0.2) is 0 Å². The van der Waals surface area contributed by atoms with Crippen molar-refractivity contribution in [3.05, 3.63) is 0 Å². The molecule has 0 aromatic rings. The van der Waals surface area contributed by atoms with E-state index in [0.717, 1.165) is 52.0 Å². The Balaban J connectivity index is 1.90. The molecule has 2 aliphatic rings. The van der Waals surface area contributed by atoms with Crippen molar-refractivity contribution in [1.29, 1.82) is 0 Å². The van der Waals surface area contributed by atoms with Crippen molar-refractivity contribution in [1.82, 2.24) is 4.90 Å². The highest BCUT2D eigenvalue weighted by Gasteiger charge is 2.33. The molecule has 2 fully saturated rings. The predicted octanol–water partition coefficient (Wildman–Crippen LogP) is 1.60. The Morgan fingerprint density at radius 3 is 2.71 bits per heavy atom. The number of rotatable bonds is 3. The SMILES string of the molecule is CC1CCN(CC2CCOCC2)C(C(=O)O)C1. The average Bonchev–Trinajstić information content (AvgIpc) is 2.32. The van der Waals surface area contributed by atoms with Gasteiger partial charge in [0, 0.05) is 19.8 Å². The second kappa shape index (κ2) is 5.83. The highest BCUT2D eigenvalue weighted by atomic mass is 16.5. The molecule has 0 aliphatic carbocycles. The molecule has 0 aromatic heterocycles. The molecular weight excluding hydrogens is 218 g/mol. The molecule has 0 amide bonds. The maximum absolute atomic E-state index is 11.3. The molecule has 2 rings (SSSR count). The number of ether oxygens (including phenoxy) is 1. The fraction of sp³-hybridized carbons (Fsp3) is 0.923. The number of nitrogens with zero attached hydrogens (tertiary/aromatic N) is 1. The van der Waals surface area contributed by atoms with Gasteiger partial charge in [-0.3, -0.25) is 9.69 Å². The van der Waals surface area contributed by atoms with Crippen molar-refractivity contribution >= 4 is 5.97 Å². The fourth-order valence-corrected chi connectivity index (χ4v) is 2.93. The average molecular weight is 241 g/mol. The zero-order valence-corrected chi connectivity index (χ0v) is 10.6. The van der Waals surface area contributed by atoms with E-state index in [0.29, 0.717) is 11.8 Å². The van der Waals surface area contributed by atoms with Crippen molar-refractivity contribution < 1.29 is 14.6 Å². The summed E-state index contributed by atoms with van der Waals surface area (Å²) in [5.41, 5.74) is 0. The smallest absolute Gasteiger partial charge is 0.320 e. The number of carboxylic acid groups (broad SMARTS) is 1. The van der Waals surface area contributed by atoms with Gasteiger partial charge in [0.25, 0.3) is 0 Å². The summed E-state index contributed by atoms with van der Waals surface area (Å²) in [5, 5.41) is 9.29. The number of carboxylic acids is 1. The van der Waals surface area contributed by atoms with E-state index in [1.54, 1.807) is 0 Å². The van der Waals surface area contributed by atoms with Crippen LogP contribution in [0.3, 0.4) is 0 Å². The molecule has 2 unspecified atom stereocenters. The van der Waals surface area contributed by atoms with Crippen LogP contribution in [0.5, 0.6) is 0 Å². The third-order valence-electron chi connectivity index (χ3n) is 4.09. The van der Waals surface area contributed by atoms with E-state index in [9.17, 15) is 9.90 Å². The molecule has 1 N–H and O–H groups in total. The summed E-state index contributed by atoms with van der Waals surface area (Å²) in [6.45, 7) is 5.71. The summed E-state index contributed by atoms with van der Waals surface area (Å²) in [7, 11) is 0. The van der Waals surface area contributed by atoms with E-state index in [-0.39, 0.29) is 6.04 Å². The molecule has 0 spiro atoms. The fourth-order valence-electron chi connectivity index (χ4n) is 2.93. The summed E-state index contributed by atoms with van der Waals surface area (Å²) in [4.78, 5) is 13.5. The van der Waals surface area contributed by atoms with Crippen LogP contribution in [0.4, 0.5) is 0 Å². The summed E-state index contributed by atoms with van der Waals surface area (Å²) < 4.78 is 5.35. The number of carbonyl (C=O) groups is 1. The molecular formula is C13H23NO3. The van der Waals surface area contributed by atoms with Crippen LogP contribution < -0.4 is 0 Å². The van der Waals surface area contributed by atoms with Crippen LogP contribution in [0, 0.1) is 11.8 Å². The van der Waals surface area contributed by atoms with Crippen LogP contribution in [0.1, 0.15) is 32.6 Å². The third kappa shape index (κ3) is 3.42. The van der Waals surface area contributed by atoms with Gasteiger partial charge in [0.05, 0.1) is 0 Å². The van der Waals surface area contributed by atoms with Gasteiger partial charge >= 0.3 is 5.97 Å². The first-order valence-electron chi connectivity index (χ1n) is 6.71. The summed E-state index contributed by atoms with van der Waals surface area (Å²) >= 11 is 0. The van der Waals surface area contributed by atoms with Crippen molar-refractivity contribution in [2.45, 2.75) is 38.6 Å². The van der Waals surface area contributed by atoms with Crippen LogP contribution in [-0.2, 0) is 9.53 Å². The zero-order valence-electron chi connectivity index (χ0n) is 10.6. The summed E-state index contributed by atoms with van der Waals surface area (Å²) in [6.07, 6.45) is 4.10. The van der Waals surface area contributed by atoms with E-state index in [1.807, 2.05) is 0 Å². The van der Waals surface area contributed by atoms with E-state index in [1.165, 1.54) is 0 Å². The minimum Gasteiger partial charge on any atom is -0.480 e. The Kier molecular flexibility index (Phi) is 4.40. The predicted molar refractivity (Wildman–Crippen MR) is 64.9 cm³/mol. The molecule has 2 atom stereocenters. The summed E-state index contributed by atoms with van der Waals surface area (Å²) in [6, 6.07) is -0.262. The van der Waals surface area contributed by atoms with E-state index in [2.05, 4.69) is 11.8 Å².